The average molecular weight is 410 g/mol. The molecule has 0 saturated heterocycles. The molecule has 2 atom stereocenters. The van der Waals surface area contributed by atoms with E-state index in [-0.39, 0.29) is 23.5 Å². The Morgan fingerprint density at radius 1 is 1.28 bits per heavy atom. The average Bonchev–Trinajstić information content (AvgIpc) is 3.35. The first kappa shape index (κ1) is 17.9. The number of hydrogen-bond donors (Lipinski definition) is 0. The van der Waals surface area contributed by atoms with Crippen molar-refractivity contribution in [3.63, 3.8) is 0 Å². The largest absolute Gasteiger partial charge is 0.435 e. The molecule has 2 aromatic rings. The van der Waals surface area contributed by atoms with E-state index in [1.165, 1.54) is 17.7 Å². The predicted molar refractivity (Wildman–Crippen MR) is 94.5 cm³/mol. The van der Waals surface area contributed by atoms with Gasteiger partial charge in [-0.15, -0.1) is 0 Å². The van der Waals surface area contributed by atoms with Gasteiger partial charge in [-0.1, -0.05) is 40.2 Å². The Morgan fingerprint density at radius 3 is 2.68 bits per heavy atom. The second-order valence-corrected chi connectivity index (χ2v) is 7.14. The zero-order valence-corrected chi connectivity index (χ0v) is 15.2. The van der Waals surface area contributed by atoms with Gasteiger partial charge in [0.15, 0.2) is 0 Å². The standard InChI is InChI=1S/C19H18BrF2NO2/c1-23(11-12-3-2-4-15(9-12)25-19(21)22)18(24)17-10-16(17)13-5-7-14(20)8-6-13/h2-9,16-17,19H,10-11H2,1H3. The second kappa shape index (κ2) is 7.52. The van der Waals surface area contributed by atoms with E-state index < -0.39 is 6.61 Å². The highest BCUT2D eigenvalue weighted by molar-refractivity contribution is 9.10. The number of alkyl halides is 2. The van der Waals surface area contributed by atoms with Crippen LogP contribution < -0.4 is 4.74 Å². The first-order chi connectivity index (χ1) is 11.9. The Balaban J connectivity index is 1.59. The van der Waals surface area contributed by atoms with Crippen LogP contribution in [0.5, 0.6) is 5.75 Å². The highest BCUT2D eigenvalue weighted by atomic mass is 79.9. The Hall–Kier alpha value is -1.95. The summed E-state index contributed by atoms with van der Waals surface area (Å²) in [6, 6.07) is 14.5. The summed E-state index contributed by atoms with van der Waals surface area (Å²) in [5, 5.41) is 0. The lowest BCUT2D eigenvalue weighted by Gasteiger charge is -2.18. The predicted octanol–water partition coefficient (Wildman–Crippen LogP) is 4.81. The number of ether oxygens (including phenoxy) is 1. The van der Waals surface area contributed by atoms with E-state index in [1.807, 2.05) is 24.3 Å². The minimum absolute atomic E-state index is 0.00771. The Labute approximate surface area is 153 Å². The molecule has 1 amide bonds. The number of halogens is 3. The maximum absolute atomic E-state index is 12.6. The van der Waals surface area contributed by atoms with Gasteiger partial charge in [-0.25, -0.2) is 0 Å². The molecule has 2 aromatic carbocycles. The number of carbonyl (C=O) groups excluding carboxylic acids is 1. The number of amides is 1. The first-order valence-electron chi connectivity index (χ1n) is 7.98. The third-order valence-corrected chi connectivity index (χ3v) is 4.85. The van der Waals surface area contributed by atoms with Gasteiger partial charge in [0.2, 0.25) is 5.91 Å². The van der Waals surface area contributed by atoms with Gasteiger partial charge in [0.05, 0.1) is 0 Å². The first-order valence-corrected chi connectivity index (χ1v) is 8.77. The van der Waals surface area contributed by atoms with Gasteiger partial charge in [0.1, 0.15) is 5.75 Å². The molecule has 0 spiro atoms. The van der Waals surface area contributed by atoms with E-state index in [2.05, 4.69) is 20.7 Å². The highest BCUT2D eigenvalue weighted by Crippen LogP contribution is 2.48. The third-order valence-electron chi connectivity index (χ3n) is 4.33. The SMILES string of the molecule is CN(Cc1cccc(OC(F)F)c1)C(=O)C1CC1c1ccc(Br)cc1. The van der Waals surface area contributed by atoms with Gasteiger partial charge in [0.25, 0.3) is 0 Å². The van der Waals surface area contributed by atoms with Crippen molar-refractivity contribution in [3.05, 3.63) is 64.1 Å². The summed E-state index contributed by atoms with van der Waals surface area (Å²) in [6.45, 7) is -2.49. The molecule has 0 bridgehead atoms. The topological polar surface area (TPSA) is 29.5 Å². The van der Waals surface area contributed by atoms with Crippen LogP contribution in [0, 0.1) is 5.92 Å². The van der Waals surface area contributed by atoms with Gasteiger partial charge in [0, 0.05) is 24.0 Å². The molecule has 0 heterocycles. The Kier molecular flexibility index (Phi) is 5.37. The molecule has 0 radical (unpaired) electrons. The number of rotatable bonds is 6. The summed E-state index contributed by atoms with van der Waals surface area (Å²) in [6.07, 6.45) is 0.847. The van der Waals surface area contributed by atoms with Crippen molar-refractivity contribution in [1.29, 1.82) is 0 Å². The fraction of sp³-hybridized carbons (Fsp3) is 0.316. The van der Waals surface area contributed by atoms with Gasteiger partial charge < -0.3 is 9.64 Å². The number of carbonyl (C=O) groups is 1. The van der Waals surface area contributed by atoms with Crippen molar-refractivity contribution in [2.75, 3.05) is 7.05 Å². The zero-order chi connectivity index (χ0) is 18.0. The highest BCUT2D eigenvalue weighted by Gasteiger charge is 2.45. The molecule has 1 saturated carbocycles. The summed E-state index contributed by atoms with van der Waals surface area (Å²) in [5.41, 5.74) is 1.93. The molecule has 0 N–H and O–H groups in total. The summed E-state index contributed by atoms with van der Waals surface area (Å²) < 4.78 is 30.0. The van der Waals surface area contributed by atoms with Crippen LogP contribution in [0.4, 0.5) is 8.78 Å². The molecular weight excluding hydrogens is 392 g/mol. The molecule has 1 aliphatic rings. The zero-order valence-electron chi connectivity index (χ0n) is 13.7. The molecule has 2 unspecified atom stereocenters. The van der Waals surface area contributed by atoms with E-state index in [1.54, 1.807) is 24.1 Å². The monoisotopic (exact) mass is 409 g/mol. The van der Waals surface area contributed by atoms with Crippen molar-refractivity contribution >= 4 is 21.8 Å². The van der Waals surface area contributed by atoms with Crippen LogP contribution in [0.2, 0.25) is 0 Å². The van der Waals surface area contributed by atoms with E-state index in [0.29, 0.717) is 6.54 Å². The van der Waals surface area contributed by atoms with Crippen LogP contribution in [0.1, 0.15) is 23.5 Å². The lowest BCUT2D eigenvalue weighted by atomic mass is 10.1. The normalized spacial score (nSPS) is 18.9. The minimum atomic E-state index is -2.85. The summed E-state index contributed by atoms with van der Waals surface area (Å²) in [4.78, 5) is 14.2. The molecule has 0 aliphatic heterocycles. The fourth-order valence-corrected chi connectivity index (χ4v) is 3.27. The van der Waals surface area contributed by atoms with E-state index >= 15 is 0 Å². The lowest BCUT2D eigenvalue weighted by molar-refractivity contribution is -0.131. The quantitative estimate of drug-likeness (QED) is 0.684. The van der Waals surface area contributed by atoms with Crippen LogP contribution >= 0.6 is 15.9 Å². The summed E-state index contributed by atoms with van der Waals surface area (Å²) in [5.74, 6) is 0.434. The molecule has 6 heteroatoms. The number of benzene rings is 2. The van der Waals surface area contributed by atoms with Crippen LogP contribution in [0.3, 0.4) is 0 Å². The van der Waals surface area contributed by atoms with Gasteiger partial charge in [-0.2, -0.15) is 8.78 Å². The van der Waals surface area contributed by atoms with Crippen LogP contribution in [-0.2, 0) is 11.3 Å². The second-order valence-electron chi connectivity index (χ2n) is 6.22. The Morgan fingerprint density at radius 2 is 2.00 bits per heavy atom. The summed E-state index contributed by atoms with van der Waals surface area (Å²) in [7, 11) is 1.74. The fourth-order valence-electron chi connectivity index (χ4n) is 3.00. The van der Waals surface area contributed by atoms with Crippen molar-refractivity contribution in [2.24, 2.45) is 5.92 Å². The maximum Gasteiger partial charge on any atom is 0.387 e. The van der Waals surface area contributed by atoms with Crippen molar-refractivity contribution in [2.45, 2.75) is 25.5 Å². The minimum Gasteiger partial charge on any atom is -0.435 e. The lowest BCUT2D eigenvalue weighted by Crippen LogP contribution is -2.28. The van der Waals surface area contributed by atoms with Crippen molar-refractivity contribution in [1.82, 2.24) is 4.90 Å². The van der Waals surface area contributed by atoms with Gasteiger partial charge in [-0.05, 0) is 47.7 Å². The molecule has 25 heavy (non-hydrogen) atoms. The van der Waals surface area contributed by atoms with Gasteiger partial charge in [-0.3, -0.25) is 4.79 Å². The maximum atomic E-state index is 12.6. The van der Waals surface area contributed by atoms with Crippen LogP contribution in [0.15, 0.2) is 53.0 Å². The van der Waals surface area contributed by atoms with Crippen molar-refractivity contribution in [3.8, 4) is 5.75 Å². The van der Waals surface area contributed by atoms with E-state index in [9.17, 15) is 13.6 Å². The molecule has 132 valence electrons. The summed E-state index contributed by atoms with van der Waals surface area (Å²) >= 11 is 3.41. The molecule has 1 aliphatic carbocycles. The molecule has 0 aromatic heterocycles. The molecule has 3 rings (SSSR count). The Bertz CT molecular complexity index is 751. The molecular formula is C19H18BrF2NO2. The number of hydrogen-bond acceptors (Lipinski definition) is 2. The van der Waals surface area contributed by atoms with Crippen LogP contribution in [-0.4, -0.2) is 24.5 Å². The van der Waals surface area contributed by atoms with E-state index in [0.717, 1.165) is 16.5 Å². The van der Waals surface area contributed by atoms with Crippen LogP contribution in [0.25, 0.3) is 0 Å². The number of nitrogens with zero attached hydrogens (tertiary/aromatic N) is 1. The third kappa shape index (κ3) is 4.57. The van der Waals surface area contributed by atoms with E-state index in [4.69, 9.17) is 0 Å². The van der Waals surface area contributed by atoms with Gasteiger partial charge >= 0.3 is 6.61 Å². The smallest absolute Gasteiger partial charge is 0.387 e. The van der Waals surface area contributed by atoms with Crippen molar-refractivity contribution < 1.29 is 18.3 Å². The molecule has 3 nitrogen and oxygen atoms in total. The molecule has 1 fully saturated rings.